The van der Waals surface area contributed by atoms with E-state index in [0.29, 0.717) is 13.0 Å². The molecule has 3 nitrogen and oxygen atoms in total. The molecule has 0 aliphatic carbocycles. The largest absolute Gasteiger partial charge is 0.468 e. The fraction of sp³-hybridized carbons (Fsp3) is 0.316. The molecule has 0 amide bonds. The van der Waals surface area contributed by atoms with E-state index in [1.807, 2.05) is 36.4 Å². The van der Waals surface area contributed by atoms with Crippen LogP contribution in [-0.4, -0.2) is 17.2 Å². The van der Waals surface area contributed by atoms with E-state index in [2.05, 4.69) is 30.5 Å². The third-order valence-corrected chi connectivity index (χ3v) is 3.87. The van der Waals surface area contributed by atoms with Gasteiger partial charge >= 0.3 is 0 Å². The second kappa shape index (κ2) is 7.76. The van der Waals surface area contributed by atoms with Crippen LogP contribution in [0.5, 0.6) is 0 Å². The maximum Gasteiger partial charge on any atom is 0.131 e. The average molecular weight is 297 g/mol. The Labute approximate surface area is 132 Å². The number of furan rings is 1. The normalized spacial score (nSPS) is 13.8. The van der Waals surface area contributed by atoms with Gasteiger partial charge in [0.05, 0.1) is 12.3 Å². The van der Waals surface area contributed by atoms with E-state index < -0.39 is 0 Å². The number of carbonyl (C=O) groups is 1. The van der Waals surface area contributed by atoms with Crippen LogP contribution in [0, 0.1) is 0 Å². The maximum atomic E-state index is 11.7. The SMILES string of the molecule is C=CCN(C(CC(C)=O)c1ccco1)[C@@H](C)c1ccccc1. The molecule has 2 aromatic rings. The van der Waals surface area contributed by atoms with Crippen molar-refractivity contribution in [3.63, 3.8) is 0 Å². The molecule has 0 bridgehead atoms. The van der Waals surface area contributed by atoms with Gasteiger partial charge in [0, 0.05) is 19.0 Å². The average Bonchev–Trinajstić information content (AvgIpc) is 3.05. The van der Waals surface area contributed by atoms with Crippen LogP contribution in [-0.2, 0) is 4.79 Å². The molecule has 22 heavy (non-hydrogen) atoms. The second-order valence-electron chi connectivity index (χ2n) is 5.51. The summed E-state index contributed by atoms with van der Waals surface area (Å²) in [6.07, 6.45) is 3.95. The fourth-order valence-corrected chi connectivity index (χ4v) is 2.76. The van der Waals surface area contributed by atoms with Crippen LogP contribution in [0.1, 0.15) is 43.7 Å². The molecule has 2 atom stereocenters. The highest BCUT2D eigenvalue weighted by molar-refractivity contribution is 5.76. The van der Waals surface area contributed by atoms with E-state index in [4.69, 9.17) is 4.42 Å². The minimum absolute atomic E-state index is 0.0827. The lowest BCUT2D eigenvalue weighted by atomic mass is 10.0. The third-order valence-electron chi connectivity index (χ3n) is 3.87. The van der Waals surface area contributed by atoms with Gasteiger partial charge in [-0.25, -0.2) is 0 Å². The lowest BCUT2D eigenvalue weighted by Gasteiger charge is -2.34. The molecule has 0 spiro atoms. The second-order valence-corrected chi connectivity index (χ2v) is 5.51. The predicted molar refractivity (Wildman–Crippen MR) is 88.5 cm³/mol. The van der Waals surface area contributed by atoms with Crippen LogP contribution in [0.15, 0.2) is 65.8 Å². The highest BCUT2D eigenvalue weighted by atomic mass is 16.3. The summed E-state index contributed by atoms with van der Waals surface area (Å²) in [5, 5.41) is 0. The van der Waals surface area contributed by atoms with Gasteiger partial charge in [-0.2, -0.15) is 0 Å². The molecule has 116 valence electrons. The van der Waals surface area contributed by atoms with Crippen molar-refractivity contribution in [1.29, 1.82) is 0 Å². The van der Waals surface area contributed by atoms with E-state index in [0.717, 1.165) is 5.76 Å². The van der Waals surface area contributed by atoms with Crippen LogP contribution >= 0.6 is 0 Å². The molecule has 0 fully saturated rings. The van der Waals surface area contributed by atoms with Gasteiger partial charge in [-0.05, 0) is 31.5 Å². The minimum Gasteiger partial charge on any atom is -0.468 e. The lowest BCUT2D eigenvalue weighted by Crippen LogP contribution is -2.32. The minimum atomic E-state index is -0.0827. The first-order valence-electron chi connectivity index (χ1n) is 7.58. The Hall–Kier alpha value is -2.13. The first-order chi connectivity index (χ1) is 10.6. The molecule has 1 heterocycles. The molecule has 0 aliphatic heterocycles. The zero-order valence-corrected chi connectivity index (χ0v) is 13.2. The van der Waals surface area contributed by atoms with Crippen molar-refractivity contribution in [3.8, 4) is 0 Å². The first-order valence-corrected chi connectivity index (χ1v) is 7.58. The molecule has 0 N–H and O–H groups in total. The van der Waals surface area contributed by atoms with Crippen LogP contribution in [0.25, 0.3) is 0 Å². The highest BCUT2D eigenvalue weighted by Crippen LogP contribution is 2.33. The summed E-state index contributed by atoms with van der Waals surface area (Å²) in [7, 11) is 0. The van der Waals surface area contributed by atoms with Gasteiger partial charge in [0.1, 0.15) is 11.5 Å². The van der Waals surface area contributed by atoms with Crippen molar-refractivity contribution in [3.05, 3.63) is 72.7 Å². The standard InChI is InChI=1S/C19H23NO2/c1-4-12-20(16(3)17-9-6-5-7-10-17)18(14-15(2)21)19-11-8-13-22-19/h4-11,13,16,18H,1,12,14H2,2-3H3/t16-,18?/m0/s1. The monoisotopic (exact) mass is 297 g/mol. The molecule has 1 aromatic heterocycles. The Bertz CT molecular complexity index is 589. The fourth-order valence-electron chi connectivity index (χ4n) is 2.76. The Morgan fingerprint density at radius 3 is 2.55 bits per heavy atom. The zero-order valence-electron chi connectivity index (χ0n) is 13.2. The van der Waals surface area contributed by atoms with E-state index in [1.165, 1.54) is 5.56 Å². The molecule has 0 radical (unpaired) electrons. The van der Waals surface area contributed by atoms with Gasteiger partial charge in [-0.15, -0.1) is 6.58 Å². The lowest BCUT2D eigenvalue weighted by molar-refractivity contribution is -0.118. The summed E-state index contributed by atoms with van der Waals surface area (Å²) in [6.45, 7) is 8.32. The van der Waals surface area contributed by atoms with Crippen molar-refractivity contribution in [1.82, 2.24) is 4.90 Å². The number of benzene rings is 1. The van der Waals surface area contributed by atoms with E-state index in [-0.39, 0.29) is 17.9 Å². The number of carbonyl (C=O) groups excluding carboxylic acids is 1. The number of Topliss-reactive ketones (excluding diaryl/α,β-unsaturated/α-hetero) is 1. The Kier molecular flexibility index (Phi) is 5.73. The van der Waals surface area contributed by atoms with Crippen molar-refractivity contribution in [2.75, 3.05) is 6.54 Å². The highest BCUT2D eigenvalue weighted by Gasteiger charge is 2.28. The quantitative estimate of drug-likeness (QED) is 0.670. The van der Waals surface area contributed by atoms with E-state index in [1.54, 1.807) is 13.2 Å². The first kappa shape index (κ1) is 16.2. The number of hydrogen-bond donors (Lipinski definition) is 0. The molecule has 3 heteroatoms. The molecule has 0 saturated heterocycles. The Morgan fingerprint density at radius 1 is 1.27 bits per heavy atom. The van der Waals surface area contributed by atoms with Crippen molar-refractivity contribution < 1.29 is 9.21 Å². The van der Waals surface area contributed by atoms with Crippen molar-refractivity contribution in [2.24, 2.45) is 0 Å². The number of rotatable bonds is 8. The van der Waals surface area contributed by atoms with Gasteiger partial charge in [0.2, 0.25) is 0 Å². The van der Waals surface area contributed by atoms with Crippen LogP contribution in [0.4, 0.5) is 0 Å². The molecule has 0 saturated carbocycles. The third kappa shape index (κ3) is 3.95. The number of ketones is 1. The maximum absolute atomic E-state index is 11.7. The van der Waals surface area contributed by atoms with Gasteiger partial charge in [0.15, 0.2) is 0 Å². The molecule has 0 aliphatic rings. The van der Waals surface area contributed by atoms with E-state index >= 15 is 0 Å². The van der Waals surface area contributed by atoms with Gasteiger partial charge in [0.25, 0.3) is 0 Å². The Balaban J connectivity index is 2.33. The number of nitrogens with zero attached hydrogens (tertiary/aromatic N) is 1. The molecule has 2 rings (SSSR count). The van der Waals surface area contributed by atoms with Crippen LogP contribution in [0.3, 0.4) is 0 Å². The van der Waals surface area contributed by atoms with Gasteiger partial charge in [-0.3, -0.25) is 9.69 Å². The molecular weight excluding hydrogens is 274 g/mol. The molecular formula is C19H23NO2. The topological polar surface area (TPSA) is 33.5 Å². The van der Waals surface area contributed by atoms with Crippen LogP contribution in [0.2, 0.25) is 0 Å². The van der Waals surface area contributed by atoms with Gasteiger partial charge < -0.3 is 4.42 Å². The summed E-state index contributed by atoms with van der Waals surface area (Å²) in [5.41, 5.74) is 1.21. The molecule has 1 unspecified atom stereocenters. The summed E-state index contributed by atoms with van der Waals surface area (Å²) < 4.78 is 5.58. The molecule has 1 aromatic carbocycles. The van der Waals surface area contributed by atoms with Gasteiger partial charge in [-0.1, -0.05) is 36.4 Å². The summed E-state index contributed by atoms with van der Waals surface area (Å²) >= 11 is 0. The van der Waals surface area contributed by atoms with Crippen LogP contribution < -0.4 is 0 Å². The van der Waals surface area contributed by atoms with Crippen molar-refractivity contribution in [2.45, 2.75) is 32.4 Å². The summed E-state index contributed by atoms with van der Waals surface area (Å²) in [6, 6.07) is 14.2. The predicted octanol–water partition coefficient (Wildman–Crippen LogP) is 4.55. The van der Waals surface area contributed by atoms with Crippen molar-refractivity contribution >= 4 is 5.78 Å². The zero-order chi connectivity index (χ0) is 15.9. The smallest absolute Gasteiger partial charge is 0.131 e. The summed E-state index contributed by atoms with van der Waals surface area (Å²) in [4.78, 5) is 14.0. The van der Waals surface area contributed by atoms with E-state index in [9.17, 15) is 4.79 Å². The Morgan fingerprint density at radius 2 is 2.00 bits per heavy atom. The summed E-state index contributed by atoms with van der Waals surface area (Å²) in [5.74, 6) is 0.968. The number of hydrogen-bond acceptors (Lipinski definition) is 3.